The molecule has 0 N–H and O–H groups in total. The second kappa shape index (κ2) is 4.95. The quantitative estimate of drug-likeness (QED) is 0.788. The Kier molecular flexibility index (Phi) is 3.16. The third-order valence-electron chi connectivity index (χ3n) is 3.86. The highest BCUT2D eigenvalue weighted by atomic mass is 15.2. The molecule has 0 aliphatic carbocycles. The van der Waals surface area contributed by atoms with Crippen molar-refractivity contribution in [1.29, 1.82) is 0 Å². The van der Waals surface area contributed by atoms with Crippen LogP contribution >= 0.6 is 0 Å². The first-order valence-corrected chi connectivity index (χ1v) is 6.67. The molecule has 0 fully saturated rings. The molecular weight excluding hydrogens is 218 g/mol. The first-order chi connectivity index (χ1) is 8.83. The van der Waals surface area contributed by atoms with Crippen LogP contribution in [0.3, 0.4) is 0 Å². The second-order valence-corrected chi connectivity index (χ2v) is 5.21. The average molecular weight is 237 g/mol. The molecule has 0 radical (unpaired) electrons. The van der Waals surface area contributed by atoms with E-state index >= 15 is 0 Å². The zero-order chi connectivity index (χ0) is 12.4. The highest BCUT2D eigenvalue weighted by Crippen LogP contribution is 2.25. The Morgan fingerprint density at radius 1 is 0.889 bits per heavy atom. The zero-order valence-corrected chi connectivity index (χ0v) is 10.8. The standard InChI is InChI=1S/C17H19N/c1-14(11-15-7-3-2-4-8-15)18-12-16-9-5-6-10-17(16)13-18/h2-10,14H,11-13H2,1H3/t14-/m1/s1. The van der Waals surface area contributed by atoms with E-state index < -0.39 is 0 Å². The normalized spacial score (nSPS) is 16.5. The molecule has 1 heteroatoms. The van der Waals surface area contributed by atoms with Gasteiger partial charge in [-0.15, -0.1) is 0 Å². The second-order valence-electron chi connectivity index (χ2n) is 5.21. The van der Waals surface area contributed by atoms with Crippen LogP contribution < -0.4 is 0 Å². The van der Waals surface area contributed by atoms with E-state index in [4.69, 9.17) is 0 Å². The molecule has 0 saturated carbocycles. The van der Waals surface area contributed by atoms with Gasteiger partial charge in [0, 0.05) is 19.1 Å². The van der Waals surface area contributed by atoms with Crippen LogP contribution in [0.5, 0.6) is 0 Å². The summed E-state index contributed by atoms with van der Waals surface area (Å²) in [6, 6.07) is 20.2. The Hall–Kier alpha value is -1.60. The summed E-state index contributed by atoms with van der Waals surface area (Å²) in [5, 5.41) is 0. The van der Waals surface area contributed by atoms with Crippen molar-refractivity contribution in [1.82, 2.24) is 4.90 Å². The van der Waals surface area contributed by atoms with Crippen molar-refractivity contribution >= 4 is 0 Å². The molecule has 1 atom stereocenters. The van der Waals surface area contributed by atoms with Crippen molar-refractivity contribution in [2.75, 3.05) is 0 Å². The van der Waals surface area contributed by atoms with E-state index in [1.54, 1.807) is 0 Å². The first-order valence-electron chi connectivity index (χ1n) is 6.67. The fourth-order valence-electron chi connectivity index (χ4n) is 2.76. The molecule has 0 aromatic heterocycles. The van der Waals surface area contributed by atoms with Crippen LogP contribution in [-0.4, -0.2) is 10.9 Å². The topological polar surface area (TPSA) is 3.24 Å². The molecule has 0 amide bonds. The molecule has 1 nitrogen and oxygen atoms in total. The lowest BCUT2D eigenvalue weighted by Gasteiger charge is -2.23. The summed E-state index contributed by atoms with van der Waals surface area (Å²) < 4.78 is 0. The summed E-state index contributed by atoms with van der Waals surface area (Å²) in [6.45, 7) is 4.53. The van der Waals surface area contributed by atoms with Gasteiger partial charge in [-0.2, -0.15) is 0 Å². The van der Waals surface area contributed by atoms with E-state index in [2.05, 4.69) is 66.4 Å². The minimum Gasteiger partial charge on any atom is -0.292 e. The highest BCUT2D eigenvalue weighted by Gasteiger charge is 2.22. The van der Waals surface area contributed by atoms with Gasteiger partial charge >= 0.3 is 0 Å². The van der Waals surface area contributed by atoms with Crippen LogP contribution in [0, 0.1) is 0 Å². The predicted molar refractivity (Wildman–Crippen MR) is 75.3 cm³/mol. The third-order valence-corrected chi connectivity index (χ3v) is 3.86. The Balaban J connectivity index is 1.67. The fraction of sp³-hybridized carbons (Fsp3) is 0.294. The van der Waals surface area contributed by atoms with Gasteiger partial charge in [0.25, 0.3) is 0 Å². The summed E-state index contributed by atoms with van der Waals surface area (Å²) in [7, 11) is 0. The average Bonchev–Trinajstić information content (AvgIpc) is 2.84. The van der Waals surface area contributed by atoms with E-state index in [0.717, 1.165) is 19.5 Å². The van der Waals surface area contributed by atoms with E-state index in [1.807, 2.05) is 0 Å². The van der Waals surface area contributed by atoms with Gasteiger partial charge in [-0.05, 0) is 30.0 Å². The van der Waals surface area contributed by atoms with Crippen molar-refractivity contribution < 1.29 is 0 Å². The summed E-state index contributed by atoms with van der Waals surface area (Å²) in [4.78, 5) is 2.57. The Morgan fingerprint density at radius 2 is 1.44 bits per heavy atom. The number of rotatable bonds is 3. The summed E-state index contributed by atoms with van der Waals surface area (Å²) >= 11 is 0. The molecule has 3 rings (SSSR count). The molecule has 92 valence electrons. The molecule has 2 aromatic rings. The molecule has 2 aromatic carbocycles. The summed E-state index contributed by atoms with van der Waals surface area (Å²) in [5.41, 5.74) is 4.43. The molecule has 0 saturated heterocycles. The third kappa shape index (κ3) is 2.32. The molecule has 0 unspecified atom stereocenters. The van der Waals surface area contributed by atoms with Crippen molar-refractivity contribution in [3.05, 3.63) is 71.3 Å². The van der Waals surface area contributed by atoms with Crippen LogP contribution in [0.1, 0.15) is 23.6 Å². The highest BCUT2D eigenvalue weighted by molar-refractivity contribution is 5.30. The Bertz CT molecular complexity index is 493. The molecular formula is C17H19N. The minimum atomic E-state index is 0.597. The number of hydrogen-bond acceptors (Lipinski definition) is 1. The zero-order valence-electron chi connectivity index (χ0n) is 10.8. The predicted octanol–water partition coefficient (Wildman–Crippen LogP) is 3.63. The lowest BCUT2D eigenvalue weighted by molar-refractivity contribution is 0.211. The molecule has 0 bridgehead atoms. The van der Waals surface area contributed by atoms with Gasteiger partial charge in [0.1, 0.15) is 0 Å². The SMILES string of the molecule is C[C@H](Cc1ccccc1)N1Cc2ccccc2C1. The van der Waals surface area contributed by atoms with E-state index in [0.29, 0.717) is 6.04 Å². The Morgan fingerprint density at radius 3 is 2.06 bits per heavy atom. The first kappa shape index (κ1) is 11.5. The van der Waals surface area contributed by atoms with Gasteiger partial charge in [0.2, 0.25) is 0 Å². The maximum atomic E-state index is 2.57. The number of benzene rings is 2. The molecule has 1 aliphatic rings. The molecule has 0 spiro atoms. The maximum Gasteiger partial charge on any atom is 0.0243 e. The minimum absolute atomic E-state index is 0.597. The van der Waals surface area contributed by atoms with Gasteiger partial charge in [-0.25, -0.2) is 0 Å². The largest absolute Gasteiger partial charge is 0.292 e. The van der Waals surface area contributed by atoms with Gasteiger partial charge in [0.15, 0.2) is 0 Å². The van der Waals surface area contributed by atoms with Crippen molar-refractivity contribution in [2.24, 2.45) is 0 Å². The van der Waals surface area contributed by atoms with Gasteiger partial charge in [0.05, 0.1) is 0 Å². The van der Waals surface area contributed by atoms with Crippen molar-refractivity contribution in [2.45, 2.75) is 32.5 Å². The van der Waals surface area contributed by atoms with Gasteiger partial charge in [-0.3, -0.25) is 4.90 Å². The van der Waals surface area contributed by atoms with Crippen LogP contribution in [-0.2, 0) is 19.5 Å². The Labute approximate surface area is 109 Å². The maximum absolute atomic E-state index is 2.57. The van der Waals surface area contributed by atoms with Crippen LogP contribution in [0.4, 0.5) is 0 Å². The van der Waals surface area contributed by atoms with E-state index in [9.17, 15) is 0 Å². The van der Waals surface area contributed by atoms with Crippen molar-refractivity contribution in [3.63, 3.8) is 0 Å². The van der Waals surface area contributed by atoms with Gasteiger partial charge in [-0.1, -0.05) is 54.6 Å². The smallest absolute Gasteiger partial charge is 0.0243 e. The van der Waals surface area contributed by atoms with Gasteiger partial charge < -0.3 is 0 Å². The molecule has 1 heterocycles. The van der Waals surface area contributed by atoms with Crippen molar-refractivity contribution in [3.8, 4) is 0 Å². The molecule has 1 aliphatic heterocycles. The summed E-state index contributed by atoms with van der Waals surface area (Å²) in [6.07, 6.45) is 1.13. The van der Waals surface area contributed by atoms with E-state index in [1.165, 1.54) is 16.7 Å². The number of hydrogen-bond donors (Lipinski definition) is 0. The van der Waals surface area contributed by atoms with E-state index in [-0.39, 0.29) is 0 Å². The van der Waals surface area contributed by atoms with Crippen LogP contribution in [0.25, 0.3) is 0 Å². The number of fused-ring (bicyclic) bond motifs is 1. The monoisotopic (exact) mass is 237 g/mol. The molecule has 18 heavy (non-hydrogen) atoms. The fourth-order valence-corrected chi connectivity index (χ4v) is 2.76. The van der Waals surface area contributed by atoms with Crippen LogP contribution in [0.15, 0.2) is 54.6 Å². The summed E-state index contributed by atoms with van der Waals surface area (Å²) in [5.74, 6) is 0. The lowest BCUT2D eigenvalue weighted by atomic mass is 10.1. The van der Waals surface area contributed by atoms with Crippen LogP contribution in [0.2, 0.25) is 0 Å². The number of nitrogens with zero attached hydrogens (tertiary/aromatic N) is 1. The lowest BCUT2D eigenvalue weighted by Crippen LogP contribution is -2.29.